The molecule has 0 fully saturated rings. The van der Waals surface area contributed by atoms with Crippen LogP contribution < -0.4 is 0 Å². The maximum atomic E-state index is 5.11. The normalized spacial score (nSPS) is 14.8. The highest BCUT2D eigenvalue weighted by atomic mass is 15.0. The van der Waals surface area contributed by atoms with Crippen LogP contribution in [0.15, 0.2) is 218 Å². The average Bonchev–Trinajstić information content (AvgIpc) is 3.83. The molecule has 64 heavy (non-hydrogen) atoms. The second-order valence-corrected chi connectivity index (χ2v) is 15.7. The Morgan fingerprint density at radius 1 is 0.453 bits per heavy atom. The number of nitrogens with zero attached hydrogens (tertiary/aromatic N) is 3. The third-order valence-corrected chi connectivity index (χ3v) is 12.5. The molecule has 0 radical (unpaired) electrons. The van der Waals surface area contributed by atoms with E-state index in [0.717, 1.165) is 39.0 Å². The minimum absolute atomic E-state index is 0.448. The molecule has 0 aliphatic heterocycles. The molecule has 7 aromatic carbocycles. The predicted molar refractivity (Wildman–Crippen MR) is 270 cm³/mol. The van der Waals surface area contributed by atoms with E-state index >= 15 is 0 Å². The third kappa shape index (κ3) is 6.91. The molecule has 0 saturated heterocycles. The van der Waals surface area contributed by atoms with E-state index in [1.54, 1.807) is 0 Å². The maximum Gasteiger partial charge on any atom is 0.164 e. The fourth-order valence-corrected chi connectivity index (χ4v) is 9.86. The van der Waals surface area contributed by atoms with Crippen molar-refractivity contribution in [2.24, 2.45) is 0 Å². The molecular weight excluding hydrogens is 775 g/mol. The van der Waals surface area contributed by atoms with Crippen LogP contribution in [-0.4, -0.2) is 15.0 Å². The monoisotopic (exact) mass is 825 g/mol. The van der Waals surface area contributed by atoms with Crippen LogP contribution in [0.25, 0.3) is 72.9 Å². The number of aromatic nitrogens is 3. The molecule has 3 nitrogen and oxygen atoms in total. The third-order valence-electron chi connectivity index (χ3n) is 12.5. The van der Waals surface area contributed by atoms with E-state index in [-0.39, 0.29) is 0 Å². The molecule has 310 valence electrons. The number of benzene rings is 7. The number of rotatable bonds is 8. The Bertz CT molecular complexity index is 3080. The summed E-state index contributed by atoms with van der Waals surface area (Å²) in [6.07, 6.45) is 10.6. The lowest BCUT2D eigenvalue weighted by atomic mass is 9.68. The predicted octanol–water partition coefficient (Wildman–Crippen LogP) is 15.9. The van der Waals surface area contributed by atoms with Gasteiger partial charge in [0.15, 0.2) is 17.5 Å². The summed E-state index contributed by atoms with van der Waals surface area (Å²) in [5.74, 6) is 1.91. The molecule has 3 heteroatoms. The Kier molecular flexibility index (Phi) is 11.6. The summed E-state index contributed by atoms with van der Waals surface area (Å²) in [7, 11) is 0. The minimum atomic E-state index is -0.448. The fourth-order valence-electron chi connectivity index (χ4n) is 9.86. The van der Waals surface area contributed by atoms with Gasteiger partial charge in [0.1, 0.15) is 0 Å². The molecule has 1 aromatic heterocycles. The minimum Gasteiger partial charge on any atom is -0.208 e. The van der Waals surface area contributed by atoms with Gasteiger partial charge >= 0.3 is 0 Å². The topological polar surface area (TPSA) is 38.7 Å². The SMILES string of the molecule is C=C/C=C1\C(=C/C)C2(c3ccccc3-c3ccccc32)c2c1cccc2-c1ccc(-c2ccc(-c3nc(C(=C/C)/C(=C\C)c4ccccc4)nc(-c4ccccc4)n3)cc2)cc1.CC. The summed E-state index contributed by atoms with van der Waals surface area (Å²) in [4.78, 5) is 15.2. The Morgan fingerprint density at radius 2 is 0.922 bits per heavy atom. The van der Waals surface area contributed by atoms with Gasteiger partial charge in [0.05, 0.1) is 5.41 Å². The average molecular weight is 826 g/mol. The summed E-state index contributed by atoms with van der Waals surface area (Å²) in [6.45, 7) is 14.4. The quantitative estimate of drug-likeness (QED) is 0.143. The summed E-state index contributed by atoms with van der Waals surface area (Å²) < 4.78 is 0. The van der Waals surface area contributed by atoms with E-state index in [1.165, 1.54) is 55.7 Å². The Balaban J connectivity index is 0.00000256. The first-order chi connectivity index (χ1) is 31.6. The van der Waals surface area contributed by atoms with Crippen LogP contribution in [-0.2, 0) is 5.41 Å². The van der Waals surface area contributed by atoms with Crippen molar-refractivity contribution in [3.8, 4) is 56.2 Å². The molecule has 0 unspecified atom stereocenters. The van der Waals surface area contributed by atoms with Gasteiger partial charge in [-0.15, -0.1) is 0 Å². The Morgan fingerprint density at radius 3 is 1.47 bits per heavy atom. The number of fused-ring (bicyclic) bond motifs is 7. The second-order valence-electron chi connectivity index (χ2n) is 15.7. The Labute approximate surface area is 378 Å². The highest BCUT2D eigenvalue weighted by Gasteiger charge is 2.54. The standard InChI is InChI=1S/C59H45N3.C2H6/c1-5-20-48-51-28-19-27-47(55(51)59(52(48)8-4)53-29-17-15-25-49(53)50-26-16-18-30-54(50)59)42-35-31-39(32-36-42)40-33-37-44(38-34-40)57-60-56(43-23-13-10-14-24-43)61-58(62-57)46(7-3)45(6-2)41-21-11-9-12-22-41;1-2/h5-38H,1H2,2-4H3;1-2H3/b45-6-,46-7+,48-20-,52-8+;. The summed E-state index contributed by atoms with van der Waals surface area (Å²) >= 11 is 0. The van der Waals surface area contributed by atoms with Crippen molar-refractivity contribution < 1.29 is 0 Å². The van der Waals surface area contributed by atoms with E-state index in [4.69, 9.17) is 15.0 Å². The van der Waals surface area contributed by atoms with Crippen molar-refractivity contribution in [1.29, 1.82) is 0 Å². The second kappa shape index (κ2) is 17.9. The van der Waals surface area contributed by atoms with Gasteiger partial charge in [0.25, 0.3) is 0 Å². The number of allylic oxidation sites excluding steroid dienone is 9. The summed E-state index contributed by atoms with van der Waals surface area (Å²) in [5, 5.41) is 0. The van der Waals surface area contributed by atoms with Gasteiger partial charge in [-0.3, -0.25) is 0 Å². The smallest absolute Gasteiger partial charge is 0.164 e. The van der Waals surface area contributed by atoms with Gasteiger partial charge < -0.3 is 0 Å². The van der Waals surface area contributed by atoms with Crippen LogP contribution in [0.1, 0.15) is 68.3 Å². The van der Waals surface area contributed by atoms with Crippen molar-refractivity contribution in [2.45, 2.75) is 40.0 Å². The van der Waals surface area contributed by atoms with Gasteiger partial charge in [-0.05, 0) is 98.7 Å². The van der Waals surface area contributed by atoms with Gasteiger partial charge in [0.2, 0.25) is 0 Å². The zero-order valence-corrected chi connectivity index (χ0v) is 37.2. The molecule has 1 heterocycles. The van der Waals surface area contributed by atoms with E-state index in [0.29, 0.717) is 17.5 Å². The van der Waals surface area contributed by atoms with Crippen molar-refractivity contribution in [3.05, 3.63) is 252 Å². The first kappa shape index (κ1) is 41.6. The van der Waals surface area contributed by atoms with Crippen LogP contribution in [0, 0.1) is 0 Å². The van der Waals surface area contributed by atoms with Crippen molar-refractivity contribution in [1.82, 2.24) is 15.0 Å². The summed E-state index contributed by atoms with van der Waals surface area (Å²) in [5.41, 5.74) is 19.6. The lowest BCUT2D eigenvalue weighted by Crippen LogP contribution is -2.26. The fraction of sp³-hybridized carbons (Fsp3) is 0.0984. The zero-order valence-electron chi connectivity index (χ0n) is 37.2. The largest absolute Gasteiger partial charge is 0.208 e. The molecule has 10 rings (SSSR count). The molecule has 0 N–H and O–H groups in total. The molecule has 2 aliphatic carbocycles. The lowest BCUT2D eigenvalue weighted by molar-refractivity contribution is 0.795. The van der Waals surface area contributed by atoms with Gasteiger partial charge in [-0.2, -0.15) is 0 Å². The van der Waals surface area contributed by atoms with Crippen LogP contribution >= 0.6 is 0 Å². The van der Waals surface area contributed by atoms with Gasteiger partial charge in [-0.25, -0.2) is 15.0 Å². The van der Waals surface area contributed by atoms with Gasteiger partial charge in [-0.1, -0.05) is 227 Å². The van der Waals surface area contributed by atoms with Crippen LogP contribution in [0.5, 0.6) is 0 Å². The lowest BCUT2D eigenvalue weighted by Gasteiger charge is -2.32. The van der Waals surface area contributed by atoms with Crippen LogP contribution in [0.3, 0.4) is 0 Å². The molecule has 1 spiro atoms. The molecule has 0 atom stereocenters. The van der Waals surface area contributed by atoms with E-state index in [1.807, 2.05) is 63.2 Å². The number of hydrogen-bond donors (Lipinski definition) is 0. The molecule has 0 bridgehead atoms. The van der Waals surface area contributed by atoms with Crippen LogP contribution in [0.4, 0.5) is 0 Å². The molecule has 0 amide bonds. The molecular formula is C61H51N3. The highest BCUT2D eigenvalue weighted by Crippen LogP contribution is 2.65. The molecule has 0 saturated carbocycles. The van der Waals surface area contributed by atoms with Gasteiger partial charge in [0, 0.05) is 16.7 Å². The van der Waals surface area contributed by atoms with Crippen molar-refractivity contribution in [3.63, 3.8) is 0 Å². The Hall–Kier alpha value is -7.75. The number of hydrogen-bond acceptors (Lipinski definition) is 3. The highest BCUT2D eigenvalue weighted by molar-refractivity contribution is 6.04. The zero-order chi connectivity index (χ0) is 44.2. The molecule has 8 aromatic rings. The van der Waals surface area contributed by atoms with Crippen LogP contribution in [0.2, 0.25) is 0 Å². The molecule has 2 aliphatic rings. The first-order valence-electron chi connectivity index (χ1n) is 22.3. The van der Waals surface area contributed by atoms with E-state index in [2.05, 4.69) is 184 Å². The maximum absolute atomic E-state index is 5.11. The summed E-state index contributed by atoms with van der Waals surface area (Å²) in [6, 6.07) is 62.8. The first-order valence-corrected chi connectivity index (χ1v) is 22.3. The van der Waals surface area contributed by atoms with E-state index < -0.39 is 5.41 Å². The van der Waals surface area contributed by atoms with Crippen molar-refractivity contribution in [2.75, 3.05) is 0 Å². The van der Waals surface area contributed by atoms with Crippen molar-refractivity contribution >= 4 is 16.7 Å². The van der Waals surface area contributed by atoms with E-state index in [9.17, 15) is 0 Å².